The van der Waals surface area contributed by atoms with Gasteiger partial charge in [0.2, 0.25) is 0 Å². The molecular formula is C9H8F2N2O3. The molecule has 0 aromatic heterocycles. The summed E-state index contributed by atoms with van der Waals surface area (Å²) in [5.41, 5.74) is 2.90. The minimum atomic E-state index is -3.03. The third-order valence-electron chi connectivity index (χ3n) is 2.06. The van der Waals surface area contributed by atoms with Crippen molar-refractivity contribution in [2.24, 2.45) is 0 Å². The molecule has 86 valence electrons. The molecule has 1 rings (SSSR count). The van der Waals surface area contributed by atoms with Crippen molar-refractivity contribution in [1.29, 1.82) is 0 Å². The molecule has 5 nitrogen and oxygen atoms in total. The Kier molecular flexibility index (Phi) is 3.17. The van der Waals surface area contributed by atoms with Crippen molar-refractivity contribution in [3.8, 4) is 0 Å². The Morgan fingerprint density at radius 3 is 2.44 bits per heavy atom. The van der Waals surface area contributed by atoms with E-state index in [-0.39, 0.29) is 5.56 Å². The zero-order chi connectivity index (χ0) is 12.5. The van der Waals surface area contributed by atoms with Crippen molar-refractivity contribution in [2.75, 3.05) is 5.73 Å². The van der Waals surface area contributed by atoms with Crippen molar-refractivity contribution in [2.45, 2.75) is 13.3 Å². The van der Waals surface area contributed by atoms with Crippen molar-refractivity contribution in [1.82, 2.24) is 0 Å². The monoisotopic (exact) mass is 230 g/mol. The number of benzene rings is 1. The lowest BCUT2D eigenvalue weighted by Crippen LogP contribution is -2.07. The van der Waals surface area contributed by atoms with Crippen LogP contribution in [0.1, 0.15) is 29.3 Å². The van der Waals surface area contributed by atoms with Crippen LogP contribution in [0.3, 0.4) is 0 Å². The van der Waals surface area contributed by atoms with Crippen LogP contribution in [0.25, 0.3) is 0 Å². The molecule has 0 radical (unpaired) electrons. The van der Waals surface area contributed by atoms with E-state index in [2.05, 4.69) is 0 Å². The minimum absolute atomic E-state index is 0.293. The normalized spacial score (nSPS) is 10.5. The fourth-order valence-corrected chi connectivity index (χ4v) is 1.33. The molecule has 0 aliphatic carbocycles. The van der Waals surface area contributed by atoms with E-state index >= 15 is 0 Å². The Morgan fingerprint density at radius 1 is 1.50 bits per heavy atom. The topological polar surface area (TPSA) is 86.2 Å². The van der Waals surface area contributed by atoms with Crippen molar-refractivity contribution in [3.63, 3.8) is 0 Å². The van der Waals surface area contributed by atoms with Crippen LogP contribution in [-0.4, -0.2) is 10.7 Å². The van der Waals surface area contributed by atoms with E-state index in [4.69, 9.17) is 5.73 Å². The van der Waals surface area contributed by atoms with Crippen LogP contribution in [0.5, 0.6) is 0 Å². The van der Waals surface area contributed by atoms with Gasteiger partial charge in [0.25, 0.3) is 12.1 Å². The number of hydrogen-bond acceptors (Lipinski definition) is 4. The predicted octanol–water partition coefficient (Wildman–Crippen LogP) is 2.32. The van der Waals surface area contributed by atoms with Crippen LogP contribution < -0.4 is 5.73 Å². The first-order chi connectivity index (χ1) is 7.36. The number of halogens is 2. The van der Waals surface area contributed by atoms with E-state index in [9.17, 15) is 23.7 Å². The second-order valence-corrected chi connectivity index (χ2v) is 3.07. The molecule has 0 unspecified atom stereocenters. The lowest BCUT2D eigenvalue weighted by molar-refractivity contribution is -0.384. The van der Waals surface area contributed by atoms with Gasteiger partial charge in [-0.2, -0.15) is 0 Å². The Bertz CT molecular complexity index is 460. The van der Waals surface area contributed by atoms with Crippen LogP contribution in [0.4, 0.5) is 20.2 Å². The highest BCUT2D eigenvalue weighted by Gasteiger charge is 2.25. The van der Waals surface area contributed by atoms with E-state index < -0.39 is 34.1 Å². The number of nitrogen functional groups attached to an aromatic ring is 1. The average molecular weight is 230 g/mol. The van der Waals surface area contributed by atoms with E-state index in [1.54, 1.807) is 0 Å². The van der Waals surface area contributed by atoms with Crippen molar-refractivity contribution in [3.05, 3.63) is 33.4 Å². The van der Waals surface area contributed by atoms with Gasteiger partial charge in [-0.15, -0.1) is 0 Å². The van der Waals surface area contributed by atoms with Gasteiger partial charge in [0, 0.05) is 11.6 Å². The molecule has 0 fully saturated rings. The molecule has 0 amide bonds. The quantitative estimate of drug-likeness (QED) is 0.373. The second-order valence-electron chi connectivity index (χ2n) is 3.07. The zero-order valence-corrected chi connectivity index (χ0v) is 8.24. The van der Waals surface area contributed by atoms with Crippen LogP contribution in [0.15, 0.2) is 12.1 Å². The maximum atomic E-state index is 12.6. The highest BCUT2D eigenvalue weighted by Crippen LogP contribution is 2.35. The summed E-state index contributed by atoms with van der Waals surface area (Å²) in [4.78, 5) is 20.6. The number of carbonyl (C=O) groups is 1. The molecule has 0 bridgehead atoms. The Hall–Kier alpha value is -2.05. The van der Waals surface area contributed by atoms with Crippen molar-refractivity contribution >= 4 is 17.2 Å². The average Bonchev–Trinajstić information content (AvgIpc) is 2.15. The van der Waals surface area contributed by atoms with Crippen molar-refractivity contribution < 1.29 is 18.5 Å². The second kappa shape index (κ2) is 4.21. The number of Topliss-reactive ketones (excluding diaryl/α,β-unsaturated/α-hetero) is 1. The number of ketones is 1. The summed E-state index contributed by atoms with van der Waals surface area (Å²) >= 11 is 0. The number of nitro benzene ring substituents is 1. The van der Waals surface area contributed by atoms with Crippen LogP contribution >= 0.6 is 0 Å². The van der Waals surface area contributed by atoms with Gasteiger partial charge in [0.05, 0.1) is 10.5 Å². The number of rotatable bonds is 3. The van der Waals surface area contributed by atoms with Gasteiger partial charge in [0.15, 0.2) is 5.78 Å². The first-order valence-electron chi connectivity index (χ1n) is 4.22. The summed E-state index contributed by atoms with van der Waals surface area (Å²) in [6, 6.07) is 1.93. The molecule has 0 heterocycles. The largest absolute Gasteiger partial charge is 0.393 e. The Labute approximate surface area is 89.0 Å². The number of anilines is 1. The van der Waals surface area contributed by atoms with Crippen LogP contribution in [-0.2, 0) is 0 Å². The fraction of sp³-hybridized carbons (Fsp3) is 0.222. The first-order valence-corrected chi connectivity index (χ1v) is 4.22. The predicted molar refractivity (Wildman–Crippen MR) is 52.5 cm³/mol. The van der Waals surface area contributed by atoms with Gasteiger partial charge in [0.1, 0.15) is 5.69 Å². The summed E-state index contributed by atoms with van der Waals surface area (Å²) < 4.78 is 25.3. The number of alkyl halides is 2. The van der Waals surface area contributed by atoms with Crippen LogP contribution in [0.2, 0.25) is 0 Å². The molecule has 16 heavy (non-hydrogen) atoms. The number of nitrogens with two attached hydrogens (primary N) is 1. The molecule has 0 spiro atoms. The fourth-order valence-electron chi connectivity index (χ4n) is 1.33. The molecule has 0 saturated carbocycles. The maximum absolute atomic E-state index is 12.6. The molecule has 7 heteroatoms. The third-order valence-corrected chi connectivity index (χ3v) is 2.06. The number of nitro groups is 1. The summed E-state index contributed by atoms with van der Waals surface area (Å²) in [6.07, 6.45) is -3.03. The molecule has 2 N–H and O–H groups in total. The van der Waals surface area contributed by atoms with E-state index in [1.807, 2.05) is 0 Å². The van der Waals surface area contributed by atoms with Gasteiger partial charge in [-0.3, -0.25) is 14.9 Å². The Morgan fingerprint density at radius 2 is 2.06 bits per heavy atom. The summed E-state index contributed by atoms with van der Waals surface area (Å²) in [5, 5.41) is 10.5. The molecule has 1 aromatic rings. The molecule has 1 aromatic carbocycles. The lowest BCUT2D eigenvalue weighted by Gasteiger charge is -2.09. The first kappa shape index (κ1) is 12.0. The SMILES string of the molecule is CC(=O)c1ccc([N+](=O)[O-])c(N)c1C(F)F. The third kappa shape index (κ3) is 1.97. The van der Waals surface area contributed by atoms with E-state index in [1.165, 1.54) is 0 Å². The van der Waals surface area contributed by atoms with Gasteiger partial charge < -0.3 is 5.73 Å². The highest BCUT2D eigenvalue weighted by molar-refractivity contribution is 5.98. The highest BCUT2D eigenvalue weighted by atomic mass is 19.3. The zero-order valence-electron chi connectivity index (χ0n) is 8.24. The standard InChI is InChI=1S/C9H8F2N2O3/c1-4(14)5-2-3-6(13(15)16)8(12)7(5)9(10)11/h2-3,9H,12H2,1H3. The van der Waals surface area contributed by atoms with Gasteiger partial charge in [-0.1, -0.05) is 0 Å². The molecule has 0 aliphatic heterocycles. The molecule has 0 atom stereocenters. The number of carbonyl (C=O) groups excluding carboxylic acids is 1. The summed E-state index contributed by atoms with van der Waals surface area (Å²) in [5.74, 6) is -0.614. The lowest BCUT2D eigenvalue weighted by atomic mass is 10.0. The van der Waals surface area contributed by atoms with Gasteiger partial charge in [-0.05, 0) is 13.0 Å². The van der Waals surface area contributed by atoms with Gasteiger partial charge in [-0.25, -0.2) is 8.78 Å². The van der Waals surface area contributed by atoms with E-state index in [0.717, 1.165) is 19.1 Å². The number of nitrogens with zero attached hydrogens (tertiary/aromatic N) is 1. The molecule has 0 saturated heterocycles. The Balaban J connectivity index is 3.54. The van der Waals surface area contributed by atoms with E-state index in [0.29, 0.717) is 0 Å². The summed E-state index contributed by atoms with van der Waals surface area (Å²) in [6.45, 7) is 1.09. The summed E-state index contributed by atoms with van der Waals surface area (Å²) in [7, 11) is 0. The number of hydrogen-bond donors (Lipinski definition) is 1. The smallest absolute Gasteiger partial charge is 0.292 e. The maximum Gasteiger partial charge on any atom is 0.292 e. The van der Waals surface area contributed by atoms with Crippen LogP contribution in [0, 0.1) is 10.1 Å². The molecular weight excluding hydrogens is 222 g/mol. The minimum Gasteiger partial charge on any atom is -0.393 e. The molecule has 0 aliphatic rings. The van der Waals surface area contributed by atoms with Gasteiger partial charge >= 0.3 is 0 Å².